The lowest BCUT2D eigenvalue weighted by molar-refractivity contribution is -0.123. The van der Waals surface area contributed by atoms with Crippen LogP contribution >= 0.6 is 0 Å². The number of ether oxygens (including phenoxy) is 2. The Hall–Kier alpha value is -1.46. The highest BCUT2D eigenvalue weighted by molar-refractivity contribution is 5.77. The molecule has 0 radical (unpaired) electrons. The second-order valence-corrected chi connectivity index (χ2v) is 4.34. The molecule has 1 aromatic rings. The summed E-state index contributed by atoms with van der Waals surface area (Å²) in [5.74, 6) is 1.32. The Morgan fingerprint density at radius 1 is 1.19 bits per heavy atom. The van der Waals surface area contributed by atoms with Crippen LogP contribution in [0.3, 0.4) is 0 Å². The van der Waals surface area contributed by atoms with Crippen molar-refractivity contribution in [1.29, 1.82) is 0 Å². The molecule has 0 heterocycles. The van der Waals surface area contributed by atoms with E-state index in [1.807, 2.05) is 0 Å². The molecule has 21 heavy (non-hydrogen) atoms. The largest absolute Gasteiger partial charge is 1.00 e. The van der Waals surface area contributed by atoms with Gasteiger partial charge in [0.15, 0.2) is 6.61 Å². The van der Waals surface area contributed by atoms with Crippen molar-refractivity contribution < 1.29 is 28.1 Å². The normalized spacial score (nSPS) is 9.90. The van der Waals surface area contributed by atoms with Crippen LogP contribution in [0.2, 0.25) is 0 Å². The number of hydrogen-bond acceptors (Lipinski definition) is 4. The molecule has 6 heteroatoms. The smallest absolute Gasteiger partial charge is 1.00 e. The van der Waals surface area contributed by atoms with Crippen molar-refractivity contribution in [2.75, 3.05) is 39.9 Å². The van der Waals surface area contributed by atoms with Gasteiger partial charge in [0.05, 0.1) is 7.11 Å². The van der Waals surface area contributed by atoms with Crippen molar-refractivity contribution in [1.82, 2.24) is 10.2 Å². The second kappa shape index (κ2) is 11.2. The first kappa shape index (κ1) is 19.5. The van der Waals surface area contributed by atoms with E-state index in [0.29, 0.717) is 12.3 Å². The van der Waals surface area contributed by atoms with E-state index in [1.165, 1.54) is 0 Å². The van der Waals surface area contributed by atoms with Crippen LogP contribution < -0.4 is 27.2 Å². The third kappa shape index (κ3) is 7.78. The number of halogens is 1. The van der Waals surface area contributed by atoms with Crippen LogP contribution in [0.1, 0.15) is 15.3 Å². The van der Waals surface area contributed by atoms with Gasteiger partial charge >= 0.3 is 1.43 Å². The van der Waals surface area contributed by atoms with E-state index in [4.69, 9.17) is 9.47 Å². The second-order valence-electron chi connectivity index (χ2n) is 4.34. The summed E-state index contributed by atoms with van der Waals surface area (Å²) in [6, 6.07) is 7.16. The number of rotatable bonds is 9. The average molecular weight is 317 g/mol. The van der Waals surface area contributed by atoms with Gasteiger partial charge in [0, 0.05) is 13.1 Å². The first-order valence-electron chi connectivity index (χ1n) is 6.95. The highest BCUT2D eigenvalue weighted by Gasteiger charge is 2.04. The van der Waals surface area contributed by atoms with Crippen molar-refractivity contribution in [3.8, 4) is 11.5 Å². The number of likely N-dealkylation sites (N-methyl/N-ethyl adjacent to an activating group) is 1. The minimum absolute atomic E-state index is 0. The summed E-state index contributed by atoms with van der Waals surface area (Å²) in [7, 11) is 1.61. The third-order valence-electron chi connectivity index (χ3n) is 3.07. The summed E-state index contributed by atoms with van der Waals surface area (Å²) < 4.78 is 10.4. The maximum Gasteiger partial charge on any atom is 1.00 e. The summed E-state index contributed by atoms with van der Waals surface area (Å²) >= 11 is 0. The van der Waals surface area contributed by atoms with E-state index >= 15 is 0 Å². The molecule has 1 amide bonds. The number of amides is 1. The van der Waals surface area contributed by atoms with Crippen LogP contribution in [0.15, 0.2) is 24.3 Å². The quantitative estimate of drug-likeness (QED) is 0.612. The standard InChI is InChI=1S/C15H24N2O3.ClH/c1-4-17(5-2)11-10-16-15(18)12-20-14-8-6-13(19-3)7-9-14;/h6-9H,4-5,10-12H2,1-3H3,(H,16,18);1H. The molecule has 0 bridgehead atoms. The Kier molecular flexibility index (Phi) is 10.4. The number of methoxy groups -OCH3 is 1. The molecule has 0 atom stereocenters. The average Bonchev–Trinajstić information content (AvgIpc) is 2.50. The fourth-order valence-corrected chi connectivity index (χ4v) is 1.77. The monoisotopic (exact) mass is 316 g/mol. The molecule has 0 fully saturated rings. The van der Waals surface area contributed by atoms with Crippen LogP contribution in [-0.4, -0.2) is 50.7 Å². The van der Waals surface area contributed by atoms with E-state index in [1.54, 1.807) is 31.4 Å². The first-order chi connectivity index (χ1) is 9.69. The van der Waals surface area contributed by atoms with Crippen LogP contribution in [-0.2, 0) is 4.79 Å². The Morgan fingerprint density at radius 3 is 2.29 bits per heavy atom. The fraction of sp³-hybridized carbons (Fsp3) is 0.533. The van der Waals surface area contributed by atoms with Crippen LogP contribution in [0.4, 0.5) is 0 Å². The SMILES string of the molecule is CCN(CC)CCNC(=O)COc1ccc(OC)cc1.[Cl-].[H+]. The summed E-state index contributed by atoms with van der Waals surface area (Å²) in [5.41, 5.74) is 0. The van der Waals surface area contributed by atoms with Gasteiger partial charge < -0.3 is 32.1 Å². The van der Waals surface area contributed by atoms with Gasteiger partial charge in [-0.15, -0.1) is 0 Å². The molecule has 5 nitrogen and oxygen atoms in total. The molecule has 1 rings (SSSR count). The minimum Gasteiger partial charge on any atom is -1.00 e. The van der Waals surface area contributed by atoms with Gasteiger partial charge in [-0.25, -0.2) is 0 Å². The van der Waals surface area contributed by atoms with E-state index < -0.39 is 0 Å². The Bertz CT molecular complexity index is 400. The van der Waals surface area contributed by atoms with Crippen molar-refractivity contribution in [2.24, 2.45) is 0 Å². The zero-order valence-corrected chi connectivity index (χ0v) is 13.7. The number of benzene rings is 1. The van der Waals surface area contributed by atoms with Gasteiger partial charge in [0.1, 0.15) is 11.5 Å². The summed E-state index contributed by atoms with van der Waals surface area (Å²) in [5, 5.41) is 2.84. The van der Waals surface area contributed by atoms with Crippen LogP contribution in [0.5, 0.6) is 11.5 Å². The van der Waals surface area contributed by atoms with Crippen LogP contribution in [0, 0.1) is 0 Å². The lowest BCUT2D eigenvalue weighted by Gasteiger charge is -2.17. The fourth-order valence-electron chi connectivity index (χ4n) is 1.77. The lowest BCUT2D eigenvalue weighted by atomic mass is 10.3. The molecule has 0 aliphatic rings. The molecule has 0 unspecified atom stereocenters. The van der Waals surface area contributed by atoms with Gasteiger partial charge in [-0.3, -0.25) is 4.79 Å². The number of nitrogens with zero attached hydrogens (tertiary/aromatic N) is 1. The molecule has 0 spiro atoms. The van der Waals surface area contributed by atoms with Crippen molar-refractivity contribution in [3.63, 3.8) is 0 Å². The molecule has 1 aromatic carbocycles. The zero-order chi connectivity index (χ0) is 14.8. The molecule has 0 saturated carbocycles. The first-order valence-corrected chi connectivity index (χ1v) is 6.95. The Balaban J connectivity index is 0. The lowest BCUT2D eigenvalue weighted by Crippen LogP contribution is -3.00. The Labute approximate surface area is 134 Å². The van der Waals surface area contributed by atoms with E-state index in [2.05, 4.69) is 24.1 Å². The number of carbonyl (C=O) groups excluding carboxylic acids is 1. The molecule has 0 aromatic heterocycles. The summed E-state index contributed by atoms with van der Waals surface area (Å²) in [6.45, 7) is 7.75. The molecular formula is C15H25ClN2O3. The van der Waals surface area contributed by atoms with Gasteiger partial charge in [0.2, 0.25) is 0 Å². The Morgan fingerprint density at radius 2 is 1.76 bits per heavy atom. The molecule has 0 saturated heterocycles. The zero-order valence-electron chi connectivity index (χ0n) is 13.9. The highest BCUT2D eigenvalue weighted by Crippen LogP contribution is 2.16. The maximum atomic E-state index is 11.6. The topological polar surface area (TPSA) is 50.8 Å². The third-order valence-corrected chi connectivity index (χ3v) is 3.07. The van der Waals surface area contributed by atoms with Crippen molar-refractivity contribution in [2.45, 2.75) is 13.8 Å². The summed E-state index contributed by atoms with van der Waals surface area (Å²) in [6.07, 6.45) is 0. The molecule has 1 N–H and O–H groups in total. The molecule has 0 aliphatic carbocycles. The van der Waals surface area contributed by atoms with E-state index in [0.717, 1.165) is 25.4 Å². The number of hydrogen-bond donors (Lipinski definition) is 1. The minimum atomic E-state index is -0.104. The highest BCUT2D eigenvalue weighted by atomic mass is 35.5. The predicted octanol–water partition coefficient (Wildman–Crippen LogP) is -1.35. The number of carbonyl (C=O) groups is 1. The van der Waals surface area contributed by atoms with E-state index in [9.17, 15) is 4.79 Å². The predicted molar refractivity (Wildman–Crippen MR) is 80.4 cm³/mol. The number of nitrogens with one attached hydrogen (secondary N) is 1. The van der Waals surface area contributed by atoms with Crippen molar-refractivity contribution >= 4 is 5.91 Å². The maximum absolute atomic E-state index is 11.6. The molecule has 120 valence electrons. The van der Waals surface area contributed by atoms with Crippen LogP contribution in [0.25, 0.3) is 0 Å². The molecular weight excluding hydrogens is 292 g/mol. The summed E-state index contributed by atoms with van der Waals surface area (Å²) in [4.78, 5) is 13.9. The van der Waals surface area contributed by atoms with Crippen molar-refractivity contribution in [3.05, 3.63) is 24.3 Å². The van der Waals surface area contributed by atoms with Gasteiger partial charge in [-0.2, -0.15) is 0 Å². The van der Waals surface area contributed by atoms with Gasteiger partial charge in [-0.1, -0.05) is 13.8 Å². The van der Waals surface area contributed by atoms with E-state index in [-0.39, 0.29) is 26.3 Å². The van der Waals surface area contributed by atoms with Gasteiger partial charge in [-0.05, 0) is 37.4 Å². The molecule has 0 aliphatic heterocycles. The van der Waals surface area contributed by atoms with Gasteiger partial charge in [0.25, 0.3) is 5.91 Å².